The number of rotatable bonds is 3. The highest BCUT2D eigenvalue weighted by molar-refractivity contribution is 5.81. The normalized spacial score (nSPS) is 24.4. The van der Waals surface area contributed by atoms with Gasteiger partial charge in [-0.1, -0.05) is 0 Å². The van der Waals surface area contributed by atoms with E-state index in [0.717, 1.165) is 4.90 Å². The minimum Gasteiger partial charge on any atom is -0.358 e. The number of hydrogen-bond donors (Lipinski definition) is 2. The molecule has 0 bridgehead atoms. The molecule has 1 fully saturated rings. The summed E-state index contributed by atoms with van der Waals surface area (Å²) in [4.78, 5) is 12.6. The summed E-state index contributed by atoms with van der Waals surface area (Å²) < 4.78 is 38.0. The van der Waals surface area contributed by atoms with E-state index >= 15 is 0 Å². The zero-order valence-electron chi connectivity index (χ0n) is 9.05. The fourth-order valence-corrected chi connectivity index (χ4v) is 2.07. The van der Waals surface area contributed by atoms with Crippen molar-refractivity contribution >= 4 is 5.91 Å². The van der Waals surface area contributed by atoms with Gasteiger partial charge in [0.25, 0.3) is 0 Å². The Morgan fingerprint density at radius 1 is 1.62 bits per heavy atom. The van der Waals surface area contributed by atoms with E-state index in [9.17, 15) is 18.0 Å². The smallest absolute Gasteiger partial charge is 0.358 e. The molecule has 0 radical (unpaired) electrons. The van der Waals surface area contributed by atoms with Gasteiger partial charge in [-0.25, -0.2) is 0 Å². The monoisotopic (exact) mass is 239 g/mol. The Balaban J connectivity index is 2.80. The molecule has 1 rings (SSSR count). The lowest BCUT2D eigenvalue weighted by atomic mass is 10.1. The first-order valence-electron chi connectivity index (χ1n) is 5.16. The van der Waals surface area contributed by atoms with E-state index in [1.54, 1.807) is 0 Å². The van der Waals surface area contributed by atoms with E-state index in [2.05, 4.69) is 5.32 Å². The third-order valence-electron chi connectivity index (χ3n) is 2.84. The second-order valence-electron chi connectivity index (χ2n) is 3.80. The topological polar surface area (TPSA) is 58.4 Å². The molecule has 94 valence electrons. The Morgan fingerprint density at radius 2 is 2.25 bits per heavy atom. The van der Waals surface area contributed by atoms with Gasteiger partial charge < -0.3 is 11.1 Å². The van der Waals surface area contributed by atoms with Gasteiger partial charge in [0.2, 0.25) is 5.91 Å². The third-order valence-corrected chi connectivity index (χ3v) is 2.84. The van der Waals surface area contributed by atoms with Crippen molar-refractivity contribution in [2.75, 3.05) is 20.1 Å². The van der Waals surface area contributed by atoms with E-state index in [1.807, 2.05) is 0 Å². The van der Waals surface area contributed by atoms with Crippen molar-refractivity contribution in [2.24, 2.45) is 5.73 Å². The van der Waals surface area contributed by atoms with Crippen molar-refractivity contribution < 1.29 is 18.0 Å². The Labute approximate surface area is 92.0 Å². The number of carbonyl (C=O) groups is 1. The number of nitrogens with zero attached hydrogens (tertiary/aromatic N) is 1. The molecule has 0 aromatic heterocycles. The molecule has 0 spiro atoms. The van der Waals surface area contributed by atoms with Gasteiger partial charge >= 0.3 is 6.18 Å². The average Bonchev–Trinajstić information content (AvgIpc) is 2.64. The highest BCUT2D eigenvalue weighted by atomic mass is 19.4. The van der Waals surface area contributed by atoms with E-state index in [-0.39, 0.29) is 12.5 Å². The van der Waals surface area contributed by atoms with Crippen LogP contribution in [0.4, 0.5) is 13.2 Å². The molecule has 0 unspecified atom stereocenters. The van der Waals surface area contributed by atoms with Gasteiger partial charge in [-0.3, -0.25) is 9.69 Å². The van der Waals surface area contributed by atoms with E-state index in [0.29, 0.717) is 12.8 Å². The Kier molecular flexibility index (Phi) is 4.15. The lowest BCUT2D eigenvalue weighted by Crippen LogP contribution is -2.55. The van der Waals surface area contributed by atoms with E-state index < -0.39 is 24.8 Å². The summed E-state index contributed by atoms with van der Waals surface area (Å²) in [5, 5.41) is 2.38. The van der Waals surface area contributed by atoms with Crippen molar-refractivity contribution in [1.29, 1.82) is 0 Å². The molecule has 1 aliphatic rings. The summed E-state index contributed by atoms with van der Waals surface area (Å²) in [6.07, 6.45) is -3.34. The number of halogens is 3. The first-order chi connectivity index (χ1) is 7.41. The molecule has 7 heteroatoms. The molecule has 0 aliphatic carbocycles. The standard InChI is InChI=1S/C9H16F3N3O/c1-14-8(16)6-3-2-4-15(6)7(5-13)9(10,11)12/h6-7H,2-5,13H2,1H3,(H,14,16)/t6-,7+/m0/s1. The van der Waals surface area contributed by atoms with Gasteiger partial charge in [-0.2, -0.15) is 13.2 Å². The second-order valence-corrected chi connectivity index (χ2v) is 3.80. The van der Waals surface area contributed by atoms with Crippen LogP contribution >= 0.6 is 0 Å². The molecule has 1 saturated heterocycles. The Morgan fingerprint density at radius 3 is 2.69 bits per heavy atom. The summed E-state index contributed by atoms with van der Waals surface area (Å²) in [5.74, 6) is -0.375. The maximum atomic E-state index is 12.7. The lowest BCUT2D eigenvalue weighted by Gasteiger charge is -2.32. The molecule has 0 saturated carbocycles. The number of carbonyl (C=O) groups excluding carboxylic acids is 1. The summed E-state index contributed by atoms with van der Waals surface area (Å²) >= 11 is 0. The molecule has 0 aromatic carbocycles. The van der Waals surface area contributed by atoms with Crippen molar-refractivity contribution in [2.45, 2.75) is 31.1 Å². The zero-order valence-corrected chi connectivity index (χ0v) is 9.05. The highest BCUT2D eigenvalue weighted by Gasteiger charge is 2.47. The van der Waals surface area contributed by atoms with Crippen LogP contribution in [0.25, 0.3) is 0 Å². The molecule has 4 nitrogen and oxygen atoms in total. The van der Waals surface area contributed by atoms with Gasteiger partial charge in [0.15, 0.2) is 0 Å². The number of hydrogen-bond acceptors (Lipinski definition) is 3. The summed E-state index contributed by atoms with van der Waals surface area (Å²) in [7, 11) is 1.42. The number of nitrogens with one attached hydrogen (secondary N) is 1. The van der Waals surface area contributed by atoms with Gasteiger partial charge in [-0.05, 0) is 19.4 Å². The van der Waals surface area contributed by atoms with Crippen LogP contribution in [0.5, 0.6) is 0 Å². The molecule has 2 atom stereocenters. The van der Waals surface area contributed by atoms with Crippen molar-refractivity contribution in [3.63, 3.8) is 0 Å². The zero-order chi connectivity index (χ0) is 12.3. The molecule has 16 heavy (non-hydrogen) atoms. The molecular weight excluding hydrogens is 223 g/mol. The van der Waals surface area contributed by atoms with Crippen LogP contribution in [0, 0.1) is 0 Å². The fraction of sp³-hybridized carbons (Fsp3) is 0.889. The van der Waals surface area contributed by atoms with E-state index in [1.165, 1.54) is 7.05 Å². The largest absolute Gasteiger partial charge is 0.405 e. The van der Waals surface area contributed by atoms with Crippen molar-refractivity contribution in [3.8, 4) is 0 Å². The van der Waals surface area contributed by atoms with Gasteiger partial charge in [0, 0.05) is 13.6 Å². The molecule has 3 N–H and O–H groups in total. The summed E-state index contributed by atoms with van der Waals surface area (Å²) in [6, 6.07) is -2.43. The quantitative estimate of drug-likeness (QED) is 0.733. The fourth-order valence-electron chi connectivity index (χ4n) is 2.07. The number of likely N-dealkylation sites (tertiary alicyclic amines) is 1. The minimum absolute atomic E-state index is 0.263. The van der Waals surface area contributed by atoms with Crippen LogP contribution in [0.3, 0.4) is 0 Å². The SMILES string of the molecule is CNC(=O)[C@@H]1CCCN1[C@H](CN)C(F)(F)F. The van der Waals surface area contributed by atoms with Crippen molar-refractivity contribution in [3.05, 3.63) is 0 Å². The maximum Gasteiger partial charge on any atom is 0.405 e. The molecular formula is C9H16F3N3O. The minimum atomic E-state index is -4.38. The van der Waals surface area contributed by atoms with Crippen LogP contribution in [0.2, 0.25) is 0 Å². The van der Waals surface area contributed by atoms with Crippen LogP contribution in [0.1, 0.15) is 12.8 Å². The van der Waals surface area contributed by atoms with Gasteiger partial charge in [-0.15, -0.1) is 0 Å². The molecule has 0 aromatic rings. The lowest BCUT2D eigenvalue weighted by molar-refractivity contribution is -0.183. The number of likely N-dealkylation sites (N-methyl/N-ethyl adjacent to an activating group) is 1. The van der Waals surface area contributed by atoms with Gasteiger partial charge in [0.05, 0.1) is 6.04 Å². The maximum absolute atomic E-state index is 12.7. The predicted octanol–water partition coefficient (Wildman–Crippen LogP) is 0.0864. The van der Waals surface area contributed by atoms with Crippen LogP contribution in [-0.4, -0.2) is 49.2 Å². The molecule has 1 amide bonds. The molecule has 1 heterocycles. The van der Waals surface area contributed by atoms with Crippen LogP contribution in [-0.2, 0) is 4.79 Å². The summed E-state index contributed by atoms with van der Waals surface area (Å²) in [6.45, 7) is -0.254. The van der Waals surface area contributed by atoms with Gasteiger partial charge in [0.1, 0.15) is 6.04 Å². The Bertz CT molecular complexity index is 257. The first kappa shape index (κ1) is 13.2. The summed E-state index contributed by atoms with van der Waals surface area (Å²) in [5.41, 5.74) is 5.15. The van der Waals surface area contributed by atoms with Crippen LogP contribution < -0.4 is 11.1 Å². The molecule has 1 aliphatic heterocycles. The third kappa shape index (κ3) is 2.65. The second kappa shape index (κ2) is 5.01. The number of amides is 1. The number of nitrogens with two attached hydrogens (primary N) is 1. The van der Waals surface area contributed by atoms with Crippen LogP contribution in [0.15, 0.2) is 0 Å². The Hall–Kier alpha value is -0.820. The van der Waals surface area contributed by atoms with E-state index in [4.69, 9.17) is 5.73 Å². The first-order valence-corrected chi connectivity index (χ1v) is 5.16. The predicted molar refractivity (Wildman–Crippen MR) is 52.7 cm³/mol. The number of alkyl halides is 3. The van der Waals surface area contributed by atoms with Crippen molar-refractivity contribution in [1.82, 2.24) is 10.2 Å². The average molecular weight is 239 g/mol. The highest BCUT2D eigenvalue weighted by Crippen LogP contribution is 2.30.